The van der Waals surface area contributed by atoms with Gasteiger partial charge in [-0.2, -0.15) is 4.39 Å². The van der Waals surface area contributed by atoms with E-state index in [9.17, 15) is 23.7 Å². The van der Waals surface area contributed by atoms with Gasteiger partial charge in [-0.3, -0.25) is 14.9 Å². The van der Waals surface area contributed by atoms with Crippen molar-refractivity contribution in [3.63, 3.8) is 0 Å². The summed E-state index contributed by atoms with van der Waals surface area (Å²) in [6.45, 7) is 0.137. The van der Waals surface area contributed by atoms with Crippen molar-refractivity contribution in [2.75, 3.05) is 0 Å². The third-order valence-electron chi connectivity index (χ3n) is 2.82. The van der Waals surface area contributed by atoms with Crippen LogP contribution in [0.1, 0.15) is 15.9 Å². The van der Waals surface area contributed by atoms with Crippen molar-refractivity contribution in [3.05, 3.63) is 63.5 Å². The van der Waals surface area contributed by atoms with Crippen molar-refractivity contribution in [2.24, 2.45) is 7.05 Å². The summed E-state index contributed by atoms with van der Waals surface area (Å²) in [5, 5.41) is 12.9. The maximum Gasteiger partial charge on any atom is 0.307 e. The highest BCUT2D eigenvalue weighted by atomic mass is 19.1. The normalized spacial score (nSPS) is 10.4. The van der Waals surface area contributed by atoms with Gasteiger partial charge in [-0.1, -0.05) is 0 Å². The number of nitro benzene ring substituents is 1. The molecule has 1 aromatic heterocycles. The number of nitrogens with one attached hydrogen (secondary N) is 1. The number of amides is 1. The highest BCUT2D eigenvalue weighted by molar-refractivity contribution is 5.94. The molecule has 0 bridgehead atoms. The fourth-order valence-electron chi connectivity index (χ4n) is 1.79. The van der Waals surface area contributed by atoms with Gasteiger partial charge in [0.15, 0.2) is 0 Å². The SMILES string of the molecule is Cn1ccc(CNC(=O)c2cc(F)c([N+](=O)[O-])cc2F)c1. The molecule has 0 saturated heterocycles. The molecule has 1 N–H and O–H groups in total. The topological polar surface area (TPSA) is 77.2 Å². The van der Waals surface area contributed by atoms with Crippen LogP contribution in [-0.4, -0.2) is 15.4 Å². The van der Waals surface area contributed by atoms with Crippen LogP contribution in [0.15, 0.2) is 30.6 Å². The standard InChI is InChI=1S/C13H11F2N3O3/c1-17-3-2-8(7-17)6-16-13(19)9-4-11(15)12(18(20)21)5-10(9)14/h2-5,7H,6H2,1H3,(H,16,19). The molecule has 1 heterocycles. The Morgan fingerprint density at radius 1 is 1.38 bits per heavy atom. The second-order valence-corrected chi connectivity index (χ2v) is 4.41. The summed E-state index contributed by atoms with van der Waals surface area (Å²) in [5.41, 5.74) is -0.796. The summed E-state index contributed by atoms with van der Waals surface area (Å²) in [5.74, 6) is -3.25. The first-order valence-corrected chi connectivity index (χ1v) is 5.91. The van der Waals surface area contributed by atoms with E-state index < -0.39 is 33.7 Å². The summed E-state index contributed by atoms with van der Waals surface area (Å²) in [6.07, 6.45) is 3.53. The largest absolute Gasteiger partial charge is 0.357 e. The molecule has 8 heteroatoms. The van der Waals surface area contributed by atoms with Crippen LogP contribution in [0, 0.1) is 21.7 Å². The van der Waals surface area contributed by atoms with Gasteiger partial charge in [-0.25, -0.2) is 4.39 Å². The molecule has 1 aromatic carbocycles. The van der Waals surface area contributed by atoms with Gasteiger partial charge in [0.05, 0.1) is 16.6 Å². The molecule has 0 aliphatic rings. The van der Waals surface area contributed by atoms with E-state index in [-0.39, 0.29) is 6.54 Å². The number of halogens is 2. The molecule has 0 unspecified atom stereocenters. The minimum Gasteiger partial charge on any atom is -0.357 e. The molecular weight excluding hydrogens is 284 g/mol. The van der Waals surface area contributed by atoms with Crippen molar-refractivity contribution in [1.82, 2.24) is 9.88 Å². The van der Waals surface area contributed by atoms with E-state index in [4.69, 9.17) is 0 Å². The Morgan fingerprint density at radius 2 is 2.10 bits per heavy atom. The van der Waals surface area contributed by atoms with E-state index in [1.807, 2.05) is 0 Å². The highest BCUT2D eigenvalue weighted by Gasteiger charge is 2.21. The van der Waals surface area contributed by atoms with Crippen LogP contribution in [0.4, 0.5) is 14.5 Å². The number of carbonyl (C=O) groups is 1. The van der Waals surface area contributed by atoms with Crippen LogP contribution in [0.3, 0.4) is 0 Å². The van der Waals surface area contributed by atoms with Gasteiger partial charge in [0.1, 0.15) is 5.82 Å². The lowest BCUT2D eigenvalue weighted by Gasteiger charge is -2.05. The first-order chi connectivity index (χ1) is 9.88. The molecule has 0 fully saturated rings. The van der Waals surface area contributed by atoms with Crippen molar-refractivity contribution in [2.45, 2.75) is 6.54 Å². The van der Waals surface area contributed by atoms with Gasteiger partial charge >= 0.3 is 5.69 Å². The second-order valence-electron chi connectivity index (χ2n) is 4.41. The highest BCUT2D eigenvalue weighted by Crippen LogP contribution is 2.21. The van der Waals surface area contributed by atoms with E-state index in [2.05, 4.69) is 5.32 Å². The van der Waals surface area contributed by atoms with E-state index in [1.54, 1.807) is 30.1 Å². The number of aromatic nitrogens is 1. The smallest absolute Gasteiger partial charge is 0.307 e. The fraction of sp³-hybridized carbons (Fsp3) is 0.154. The molecule has 0 aliphatic carbocycles. The number of aryl methyl sites for hydroxylation is 1. The van der Waals surface area contributed by atoms with Crippen LogP contribution in [-0.2, 0) is 13.6 Å². The molecule has 0 saturated carbocycles. The van der Waals surface area contributed by atoms with Crippen LogP contribution in [0.25, 0.3) is 0 Å². The first kappa shape index (κ1) is 14.6. The third-order valence-corrected chi connectivity index (χ3v) is 2.82. The summed E-state index contributed by atoms with van der Waals surface area (Å²) in [4.78, 5) is 21.2. The number of carbonyl (C=O) groups excluding carboxylic acids is 1. The fourth-order valence-corrected chi connectivity index (χ4v) is 1.79. The zero-order valence-electron chi connectivity index (χ0n) is 11.0. The lowest BCUT2D eigenvalue weighted by Crippen LogP contribution is -2.24. The van der Waals surface area contributed by atoms with Gasteiger partial charge in [-0.15, -0.1) is 0 Å². The molecule has 0 spiro atoms. The quantitative estimate of drug-likeness (QED) is 0.693. The summed E-state index contributed by atoms with van der Waals surface area (Å²) in [6, 6.07) is 2.67. The molecule has 1 amide bonds. The monoisotopic (exact) mass is 295 g/mol. The number of hydrogen-bond acceptors (Lipinski definition) is 3. The van der Waals surface area contributed by atoms with Crippen molar-refractivity contribution < 1.29 is 18.5 Å². The zero-order valence-corrected chi connectivity index (χ0v) is 11.0. The molecule has 0 atom stereocenters. The summed E-state index contributed by atoms with van der Waals surface area (Å²) >= 11 is 0. The molecular formula is C13H11F2N3O3. The number of rotatable bonds is 4. The molecule has 2 rings (SSSR count). The Kier molecular flexibility index (Phi) is 3.97. The average Bonchev–Trinajstić information content (AvgIpc) is 2.83. The maximum absolute atomic E-state index is 13.6. The molecule has 110 valence electrons. The molecule has 0 radical (unpaired) electrons. The Labute approximate surface area is 118 Å². The van der Waals surface area contributed by atoms with Crippen LogP contribution < -0.4 is 5.32 Å². The molecule has 6 nitrogen and oxygen atoms in total. The number of nitrogens with zero attached hydrogens (tertiary/aromatic N) is 2. The van der Waals surface area contributed by atoms with E-state index in [0.717, 1.165) is 5.56 Å². The van der Waals surface area contributed by atoms with Gasteiger partial charge in [-0.05, 0) is 17.7 Å². The maximum atomic E-state index is 13.6. The van der Waals surface area contributed by atoms with Crippen LogP contribution >= 0.6 is 0 Å². The minimum atomic E-state index is -1.26. The molecule has 2 aromatic rings. The van der Waals surface area contributed by atoms with E-state index >= 15 is 0 Å². The van der Waals surface area contributed by atoms with Crippen molar-refractivity contribution in [3.8, 4) is 0 Å². The number of nitro groups is 1. The van der Waals surface area contributed by atoms with Crippen molar-refractivity contribution >= 4 is 11.6 Å². The second kappa shape index (κ2) is 5.70. The predicted octanol–water partition coefficient (Wildman–Crippen LogP) is 2.14. The van der Waals surface area contributed by atoms with Crippen LogP contribution in [0.5, 0.6) is 0 Å². The first-order valence-electron chi connectivity index (χ1n) is 5.91. The third kappa shape index (κ3) is 3.22. The summed E-state index contributed by atoms with van der Waals surface area (Å²) in [7, 11) is 1.80. The minimum absolute atomic E-state index is 0.137. The van der Waals surface area contributed by atoms with Crippen LogP contribution in [0.2, 0.25) is 0 Å². The lowest BCUT2D eigenvalue weighted by atomic mass is 10.1. The molecule has 21 heavy (non-hydrogen) atoms. The average molecular weight is 295 g/mol. The zero-order chi connectivity index (χ0) is 15.6. The van der Waals surface area contributed by atoms with Gasteiger partial charge in [0, 0.05) is 26.0 Å². The lowest BCUT2D eigenvalue weighted by molar-refractivity contribution is -0.387. The Hall–Kier alpha value is -2.77. The van der Waals surface area contributed by atoms with Gasteiger partial charge in [0.25, 0.3) is 5.91 Å². The number of benzene rings is 1. The predicted molar refractivity (Wildman–Crippen MR) is 69.6 cm³/mol. The number of hydrogen-bond donors (Lipinski definition) is 1. The Morgan fingerprint density at radius 3 is 2.67 bits per heavy atom. The van der Waals surface area contributed by atoms with E-state index in [1.165, 1.54) is 0 Å². The summed E-state index contributed by atoms with van der Waals surface area (Å²) < 4.78 is 28.8. The Balaban J connectivity index is 2.15. The Bertz CT molecular complexity index is 713. The van der Waals surface area contributed by atoms with Gasteiger partial charge in [0.2, 0.25) is 5.82 Å². The van der Waals surface area contributed by atoms with E-state index in [0.29, 0.717) is 12.1 Å². The van der Waals surface area contributed by atoms with Gasteiger partial charge < -0.3 is 9.88 Å². The molecule has 0 aliphatic heterocycles. The van der Waals surface area contributed by atoms with Crippen molar-refractivity contribution in [1.29, 1.82) is 0 Å².